The summed E-state index contributed by atoms with van der Waals surface area (Å²) < 4.78 is 5.47. The SMILES string of the molecule is COC1CCC(N2C(=O)CNc3ncc(-c4ccc(C(C)(C)O)nc4)nc32)CC1. The summed E-state index contributed by atoms with van der Waals surface area (Å²) in [6.07, 6.45) is 7.26. The lowest BCUT2D eigenvalue weighted by Crippen LogP contribution is -2.49. The summed E-state index contributed by atoms with van der Waals surface area (Å²) >= 11 is 0. The number of hydrogen-bond acceptors (Lipinski definition) is 7. The van der Waals surface area contributed by atoms with Crippen molar-refractivity contribution < 1.29 is 14.6 Å². The molecule has 2 aliphatic rings. The lowest BCUT2D eigenvalue weighted by atomic mass is 9.91. The minimum absolute atomic E-state index is 0.0142. The number of carbonyl (C=O) groups is 1. The van der Waals surface area contributed by atoms with Gasteiger partial charge in [0.15, 0.2) is 11.6 Å². The van der Waals surface area contributed by atoms with Crippen LogP contribution in [-0.4, -0.2) is 51.8 Å². The smallest absolute Gasteiger partial charge is 0.247 e. The van der Waals surface area contributed by atoms with Gasteiger partial charge in [-0.2, -0.15) is 0 Å². The summed E-state index contributed by atoms with van der Waals surface area (Å²) in [6, 6.07) is 3.75. The van der Waals surface area contributed by atoms with Gasteiger partial charge in [-0.15, -0.1) is 0 Å². The van der Waals surface area contributed by atoms with Crippen LogP contribution in [-0.2, 0) is 15.1 Å². The molecular formula is C21H27N5O3. The van der Waals surface area contributed by atoms with Crippen LogP contribution in [0.15, 0.2) is 24.5 Å². The predicted octanol–water partition coefficient (Wildman–Crippen LogP) is 2.48. The lowest BCUT2D eigenvalue weighted by molar-refractivity contribution is -0.118. The van der Waals surface area contributed by atoms with Crippen LogP contribution in [0.1, 0.15) is 45.2 Å². The third kappa shape index (κ3) is 3.95. The molecule has 0 atom stereocenters. The largest absolute Gasteiger partial charge is 0.384 e. The van der Waals surface area contributed by atoms with E-state index in [1.165, 1.54) is 0 Å². The van der Waals surface area contributed by atoms with Gasteiger partial charge in [-0.3, -0.25) is 14.7 Å². The van der Waals surface area contributed by atoms with Crippen LogP contribution in [0.4, 0.5) is 11.6 Å². The van der Waals surface area contributed by atoms with Gasteiger partial charge in [-0.1, -0.05) is 0 Å². The van der Waals surface area contributed by atoms with Crippen LogP contribution < -0.4 is 10.2 Å². The van der Waals surface area contributed by atoms with Gasteiger partial charge >= 0.3 is 0 Å². The lowest BCUT2D eigenvalue weighted by Gasteiger charge is -2.38. The number of methoxy groups -OCH3 is 1. The molecule has 1 aliphatic carbocycles. The zero-order valence-electron chi connectivity index (χ0n) is 17.1. The molecule has 0 saturated heterocycles. The molecule has 29 heavy (non-hydrogen) atoms. The zero-order chi connectivity index (χ0) is 20.6. The molecule has 4 rings (SSSR count). The van der Waals surface area contributed by atoms with Crippen molar-refractivity contribution in [3.05, 3.63) is 30.2 Å². The van der Waals surface area contributed by atoms with E-state index in [0.717, 1.165) is 31.2 Å². The number of pyridine rings is 1. The highest BCUT2D eigenvalue weighted by molar-refractivity contribution is 6.01. The molecule has 1 saturated carbocycles. The second-order valence-electron chi connectivity index (χ2n) is 8.20. The highest BCUT2D eigenvalue weighted by Gasteiger charge is 2.35. The Hall–Kier alpha value is -2.58. The van der Waals surface area contributed by atoms with E-state index in [2.05, 4.69) is 15.3 Å². The van der Waals surface area contributed by atoms with Crippen LogP contribution in [0.5, 0.6) is 0 Å². The highest BCUT2D eigenvalue weighted by atomic mass is 16.5. The molecule has 0 aromatic carbocycles. The maximum absolute atomic E-state index is 12.7. The van der Waals surface area contributed by atoms with Gasteiger partial charge in [0, 0.05) is 24.9 Å². The van der Waals surface area contributed by atoms with E-state index in [0.29, 0.717) is 23.0 Å². The van der Waals surface area contributed by atoms with E-state index in [1.54, 1.807) is 39.4 Å². The number of nitrogens with one attached hydrogen (secondary N) is 1. The molecule has 1 amide bonds. The van der Waals surface area contributed by atoms with Crippen molar-refractivity contribution in [1.29, 1.82) is 0 Å². The van der Waals surface area contributed by atoms with Crippen LogP contribution in [0.3, 0.4) is 0 Å². The van der Waals surface area contributed by atoms with Crippen LogP contribution >= 0.6 is 0 Å². The fourth-order valence-electron chi connectivity index (χ4n) is 4.00. The van der Waals surface area contributed by atoms with Gasteiger partial charge in [-0.05, 0) is 51.7 Å². The van der Waals surface area contributed by atoms with Crippen molar-refractivity contribution >= 4 is 17.5 Å². The Kier molecular flexibility index (Phi) is 5.23. The molecule has 8 heteroatoms. The molecule has 0 spiro atoms. The van der Waals surface area contributed by atoms with Crippen LogP contribution in [0.2, 0.25) is 0 Å². The molecule has 2 aromatic heterocycles. The second-order valence-corrected chi connectivity index (χ2v) is 8.20. The average Bonchev–Trinajstić information content (AvgIpc) is 2.73. The number of amides is 1. The number of hydrogen-bond donors (Lipinski definition) is 2. The first kappa shape index (κ1) is 19.7. The van der Waals surface area contributed by atoms with E-state index in [-0.39, 0.29) is 24.6 Å². The summed E-state index contributed by atoms with van der Waals surface area (Å²) in [7, 11) is 1.74. The molecule has 8 nitrogen and oxygen atoms in total. The Balaban J connectivity index is 1.64. The fraction of sp³-hybridized carbons (Fsp3) is 0.524. The highest BCUT2D eigenvalue weighted by Crippen LogP contribution is 2.34. The monoisotopic (exact) mass is 397 g/mol. The van der Waals surface area contributed by atoms with Crippen LogP contribution in [0, 0.1) is 0 Å². The average molecular weight is 397 g/mol. The van der Waals surface area contributed by atoms with Crippen LogP contribution in [0.25, 0.3) is 11.3 Å². The molecule has 0 unspecified atom stereocenters. The number of ether oxygens (including phenoxy) is 1. The van der Waals surface area contributed by atoms with Crippen molar-refractivity contribution in [3.63, 3.8) is 0 Å². The summed E-state index contributed by atoms with van der Waals surface area (Å²) in [4.78, 5) is 28.2. The number of fused-ring (bicyclic) bond motifs is 1. The van der Waals surface area contributed by atoms with Crippen molar-refractivity contribution in [1.82, 2.24) is 15.0 Å². The first-order chi connectivity index (χ1) is 13.9. The molecular weight excluding hydrogens is 370 g/mol. The first-order valence-corrected chi connectivity index (χ1v) is 10.0. The van der Waals surface area contributed by atoms with Gasteiger partial charge in [0.25, 0.3) is 0 Å². The zero-order valence-corrected chi connectivity index (χ0v) is 17.1. The Bertz CT molecular complexity index is 886. The minimum atomic E-state index is -1.01. The normalized spacial score (nSPS) is 22.2. The molecule has 0 bridgehead atoms. The number of nitrogens with zero attached hydrogens (tertiary/aromatic N) is 4. The van der Waals surface area contributed by atoms with E-state index in [1.807, 2.05) is 11.0 Å². The maximum atomic E-state index is 12.7. The number of anilines is 2. The number of rotatable bonds is 4. The molecule has 1 aliphatic heterocycles. The number of aromatic nitrogens is 3. The van der Waals surface area contributed by atoms with Gasteiger partial charge in [0.05, 0.1) is 30.2 Å². The Labute approximate surface area is 170 Å². The van der Waals surface area contributed by atoms with Gasteiger partial charge in [0.1, 0.15) is 5.60 Å². The van der Waals surface area contributed by atoms with Gasteiger partial charge in [-0.25, -0.2) is 9.97 Å². The van der Waals surface area contributed by atoms with E-state index >= 15 is 0 Å². The van der Waals surface area contributed by atoms with E-state index < -0.39 is 5.60 Å². The Morgan fingerprint density at radius 2 is 1.93 bits per heavy atom. The van der Waals surface area contributed by atoms with Crippen molar-refractivity contribution in [3.8, 4) is 11.3 Å². The maximum Gasteiger partial charge on any atom is 0.247 e. The standard InChI is InChI=1S/C21H27N5O3/c1-21(2,28)17-9-4-13(10-22-17)16-11-23-19-20(25-16)26(18(27)12-24-19)14-5-7-15(29-3)8-6-14/h4,9-11,14-15,28H,5-8,12H2,1-3H3,(H,23,24). The molecule has 2 aromatic rings. The summed E-state index contributed by atoms with van der Waals surface area (Å²) in [6.45, 7) is 3.62. The summed E-state index contributed by atoms with van der Waals surface area (Å²) in [5, 5.41) is 13.2. The molecule has 154 valence electrons. The predicted molar refractivity (Wildman–Crippen MR) is 110 cm³/mol. The molecule has 3 heterocycles. The fourth-order valence-corrected chi connectivity index (χ4v) is 4.00. The molecule has 2 N–H and O–H groups in total. The van der Waals surface area contributed by atoms with E-state index in [9.17, 15) is 9.90 Å². The van der Waals surface area contributed by atoms with Gasteiger partial charge in [0.2, 0.25) is 5.91 Å². The Morgan fingerprint density at radius 1 is 1.17 bits per heavy atom. The third-order valence-corrected chi connectivity index (χ3v) is 5.69. The molecule has 0 radical (unpaired) electrons. The quantitative estimate of drug-likeness (QED) is 0.817. The first-order valence-electron chi connectivity index (χ1n) is 10.0. The van der Waals surface area contributed by atoms with Crippen molar-refractivity contribution in [2.24, 2.45) is 0 Å². The third-order valence-electron chi connectivity index (χ3n) is 5.69. The summed E-state index contributed by atoms with van der Waals surface area (Å²) in [5.74, 6) is 1.22. The van der Waals surface area contributed by atoms with Gasteiger partial charge < -0.3 is 15.2 Å². The second kappa shape index (κ2) is 7.68. The Morgan fingerprint density at radius 3 is 2.55 bits per heavy atom. The topological polar surface area (TPSA) is 100 Å². The van der Waals surface area contributed by atoms with Crippen molar-refractivity contribution in [2.75, 3.05) is 23.9 Å². The summed E-state index contributed by atoms with van der Waals surface area (Å²) in [5.41, 5.74) is 1.01. The van der Waals surface area contributed by atoms with E-state index in [4.69, 9.17) is 9.72 Å². The van der Waals surface area contributed by atoms with Crippen molar-refractivity contribution in [2.45, 2.75) is 57.3 Å². The molecule has 1 fully saturated rings. The number of carbonyl (C=O) groups excluding carboxylic acids is 1. The number of aliphatic hydroxyl groups is 1. The minimum Gasteiger partial charge on any atom is -0.384 e.